The van der Waals surface area contributed by atoms with Crippen LogP contribution in [0.2, 0.25) is 0 Å². The van der Waals surface area contributed by atoms with Crippen molar-refractivity contribution >= 4 is 23.0 Å². The summed E-state index contributed by atoms with van der Waals surface area (Å²) in [5.41, 5.74) is 1.90. The number of unbranched alkanes of at least 4 members (excludes halogenated alkanes) is 3. The van der Waals surface area contributed by atoms with Crippen LogP contribution in [0.5, 0.6) is 0 Å². The van der Waals surface area contributed by atoms with Crippen LogP contribution in [0.25, 0.3) is 10.9 Å². The van der Waals surface area contributed by atoms with Crippen LogP contribution >= 0.6 is 0 Å². The van der Waals surface area contributed by atoms with Crippen molar-refractivity contribution in [1.82, 2.24) is 14.8 Å². The third kappa shape index (κ3) is 4.30. The number of carbonyl (C=O) groups is 1. The topological polar surface area (TPSA) is 74.3 Å². The van der Waals surface area contributed by atoms with E-state index in [2.05, 4.69) is 16.3 Å². The maximum atomic E-state index is 13.7. The molecule has 3 saturated carbocycles. The predicted molar refractivity (Wildman–Crippen MR) is 135 cm³/mol. The molecule has 1 aromatic heterocycles. The Labute approximate surface area is 214 Å². The first-order chi connectivity index (χ1) is 17.9. The molecule has 8 heteroatoms. The smallest absolute Gasteiger partial charge is 0.249 e. The van der Waals surface area contributed by atoms with Gasteiger partial charge in [0.25, 0.3) is 0 Å². The minimum atomic E-state index is -0.633. The van der Waals surface area contributed by atoms with E-state index in [9.17, 15) is 13.6 Å². The fourth-order valence-electron chi connectivity index (χ4n) is 6.77. The van der Waals surface area contributed by atoms with Crippen molar-refractivity contribution in [1.29, 1.82) is 5.26 Å². The second-order valence-corrected chi connectivity index (χ2v) is 11.2. The SMILES string of the molecule is N#Cc1ccc2cn(CCCCCCC34CC(C(=O)N5N=CCC5c5cc(F)cc(F)c5)(C3)C4)nc2c1. The molecular formula is C29H29F2N5O. The van der Waals surface area contributed by atoms with Crippen LogP contribution in [-0.4, -0.2) is 26.9 Å². The summed E-state index contributed by atoms with van der Waals surface area (Å²) in [6, 6.07) is 10.8. The Hall–Kier alpha value is -3.60. The van der Waals surface area contributed by atoms with Crippen LogP contribution < -0.4 is 0 Å². The molecule has 3 aliphatic carbocycles. The second-order valence-electron chi connectivity index (χ2n) is 11.2. The summed E-state index contributed by atoms with van der Waals surface area (Å²) in [5, 5.41) is 20.4. The van der Waals surface area contributed by atoms with Crippen molar-refractivity contribution in [3.8, 4) is 6.07 Å². The van der Waals surface area contributed by atoms with E-state index < -0.39 is 17.7 Å². The average Bonchev–Trinajstić information content (AvgIpc) is 3.47. The van der Waals surface area contributed by atoms with Crippen LogP contribution in [0.1, 0.15) is 75.0 Å². The summed E-state index contributed by atoms with van der Waals surface area (Å²) in [5.74, 6) is -1.26. The molecule has 7 rings (SSSR count). The summed E-state index contributed by atoms with van der Waals surface area (Å²) >= 11 is 0. The van der Waals surface area contributed by atoms with E-state index in [-0.39, 0.29) is 16.7 Å². The van der Waals surface area contributed by atoms with E-state index in [0.717, 1.165) is 74.9 Å². The Bertz CT molecular complexity index is 1400. The van der Waals surface area contributed by atoms with Gasteiger partial charge in [-0.3, -0.25) is 9.48 Å². The van der Waals surface area contributed by atoms with Crippen LogP contribution in [0.4, 0.5) is 8.78 Å². The maximum Gasteiger partial charge on any atom is 0.249 e. The predicted octanol–water partition coefficient (Wildman–Crippen LogP) is 6.27. The van der Waals surface area contributed by atoms with Gasteiger partial charge >= 0.3 is 0 Å². The standard InChI is InChI=1S/C29H29F2N5O/c30-23-12-22(13-24(31)14-23)26-7-9-33-36(26)27(37)29-17-28(18-29,19-29)8-3-1-2-4-10-35-16-21-6-5-20(15-32)11-25(21)34-35/h5-6,9,11-14,16,26H,1-4,7-8,10,17-19H2. The van der Waals surface area contributed by atoms with E-state index in [0.29, 0.717) is 17.5 Å². The zero-order chi connectivity index (χ0) is 25.6. The largest absolute Gasteiger partial charge is 0.272 e. The van der Waals surface area contributed by atoms with Gasteiger partial charge in [0, 0.05) is 36.8 Å². The number of halogens is 2. The molecule has 37 heavy (non-hydrogen) atoms. The van der Waals surface area contributed by atoms with Crippen molar-refractivity contribution in [3.05, 3.63) is 65.4 Å². The van der Waals surface area contributed by atoms with Crippen molar-refractivity contribution in [2.45, 2.75) is 70.4 Å². The van der Waals surface area contributed by atoms with Crippen LogP contribution in [0.3, 0.4) is 0 Å². The minimum Gasteiger partial charge on any atom is -0.272 e. The molecule has 190 valence electrons. The summed E-state index contributed by atoms with van der Waals surface area (Å²) in [6.07, 6.45) is 12.5. The van der Waals surface area contributed by atoms with E-state index in [1.54, 1.807) is 6.21 Å². The lowest BCUT2D eigenvalue weighted by Crippen LogP contribution is -2.67. The number of hydrogen-bond donors (Lipinski definition) is 0. The fraction of sp³-hybridized carbons (Fsp3) is 0.448. The van der Waals surface area contributed by atoms with Gasteiger partial charge in [0.1, 0.15) is 11.6 Å². The zero-order valence-corrected chi connectivity index (χ0v) is 20.7. The first-order valence-electron chi connectivity index (χ1n) is 13.1. The third-order valence-corrected chi connectivity index (χ3v) is 8.43. The van der Waals surface area contributed by atoms with E-state index >= 15 is 0 Å². The Balaban J connectivity index is 0.940. The summed E-state index contributed by atoms with van der Waals surface area (Å²) < 4.78 is 29.4. The molecule has 2 aromatic carbocycles. The van der Waals surface area contributed by atoms with Gasteiger partial charge in [0.15, 0.2) is 0 Å². The third-order valence-electron chi connectivity index (χ3n) is 8.43. The Morgan fingerprint density at radius 1 is 1.05 bits per heavy atom. The molecule has 0 saturated heterocycles. The highest BCUT2D eigenvalue weighted by molar-refractivity contribution is 5.88. The molecule has 1 atom stereocenters. The molecule has 0 N–H and O–H groups in total. The van der Waals surface area contributed by atoms with E-state index in [1.807, 2.05) is 29.1 Å². The lowest BCUT2D eigenvalue weighted by Gasteiger charge is -2.70. The first kappa shape index (κ1) is 23.8. The highest BCUT2D eigenvalue weighted by Crippen LogP contribution is 2.76. The van der Waals surface area contributed by atoms with Gasteiger partial charge in [-0.25, -0.2) is 13.8 Å². The van der Waals surface area contributed by atoms with E-state index in [1.165, 1.54) is 17.1 Å². The minimum absolute atomic E-state index is 0.00583. The second kappa shape index (κ2) is 9.05. The zero-order valence-electron chi connectivity index (χ0n) is 20.7. The molecule has 1 unspecified atom stereocenters. The van der Waals surface area contributed by atoms with Crippen LogP contribution in [0.15, 0.2) is 47.7 Å². The summed E-state index contributed by atoms with van der Waals surface area (Å²) in [4.78, 5) is 13.3. The maximum absolute atomic E-state index is 13.7. The van der Waals surface area contributed by atoms with Crippen molar-refractivity contribution in [2.24, 2.45) is 15.9 Å². The number of aromatic nitrogens is 2. The molecule has 1 amide bonds. The molecule has 1 aliphatic heterocycles. The molecule has 2 heterocycles. The van der Waals surface area contributed by atoms with Gasteiger partial charge in [-0.2, -0.15) is 15.5 Å². The Kier molecular flexibility index (Phi) is 5.82. The number of amides is 1. The molecule has 4 aliphatic rings. The Morgan fingerprint density at radius 3 is 2.57 bits per heavy atom. The lowest BCUT2D eigenvalue weighted by molar-refractivity contribution is -0.220. The fourth-order valence-corrected chi connectivity index (χ4v) is 6.77. The molecule has 6 nitrogen and oxygen atoms in total. The average molecular weight is 502 g/mol. The number of fused-ring (bicyclic) bond motifs is 1. The van der Waals surface area contributed by atoms with Crippen molar-refractivity contribution in [2.75, 3.05) is 0 Å². The van der Waals surface area contributed by atoms with E-state index in [4.69, 9.17) is 5.26 Å². The highest BCUT2D eigenvalue weighted by atomic mass is 19.1. The molecule has 2 bridgehead atoms. The van der Waals surface area contributed by atoms with Gasteiger partial charge in [0.05, 0.1) is 28.6 Å². The molecule has 0 radical (unpaired) electrons. The van der Waals surface area contributed by atoms with Gasteiger partial charge in [-0.15, -0.1) is 0 Å². The van der Waals surface area contributed by atoms with Crippen LogP contribution in [-0.2, 0) is 11.3 Å². The summed E-state index contributed by atoms with van der Waals surface area (Å²) in [6.45, 7) is 0.867. The number of aryl methyl sites for hydroxylation is 1. The highest BCUT2D eigenvalue weighted by Gasteiger charge is 2.71. The molecule has 3 aromatic rings. The normalized spacial score (nSPS) is 25.6. The monoisotopic (exact) mass is 501 g/mol. The lowest BCUT2D eigenvalue weighted by atomic mass is 9.33. The number of hydrazone groups is 1. The van der Waals surface area contributed by atoms with Crippen molar-refractivity contribution < 1.29 is 13.6 Å². The molecule has 0 spiro atoms. The number of nitrogens with zero attached hydrogens (tertiary/aromatic N) is 5. The quantitative estimate of drug-likeness (QED) is 0.325. The van der Waals surface area contributed by atoms with Gasteiger partial charge in [-0.05, 0) is 73.4 Å². The number of hydrogen-bond acceptors (Lipinski definition) is 4. The number of rotatable bonds is 9. The molecular weight excluding hydrogens is 472 g/mol. The van der Waals surface area contributed by atoms with Gasteiger partial charge in [0.2, 0.25) is 5.91 Å². The number of benzene rings is 2. The van der Waals surface area contributed by atoms with Crippen LogP contribution in [0, 0.1) is 33.8 Å². The van der Waals surface area contributed by atoms with Gasteiger partial charge < -0.3 is 0 Å². The Morgan fingerprint density at radius 2 is 1.81 bits per heavy atom. The number of carbonyl (C=O) groups excluding carboxylic acids is 1. The summed E-state index contributed by atoms with van der Waals surface area (Å²) in [7, 11) is 0. The van der Waals surface area contributed by atoms with Gasteiger partial charge in [-0.1, -0.05) is 19.3 Å². The molecule has 3 fully saturated rings. The van der Waals surface area contributed by atoms with Crippen molar-refractivity contribution in [3.63, 3.8) is 0 Å². The number of nitriles is 1. The first-order valence-corrected chi connectivity index (χ1v) is 13.1.